The number of ether oxygens (including phenoxy) is 2. The van der Waals surface area contributed by atoms with E-state index in [2.05, 4.69) is 6.07 Å². The van der Waals surface area contributed by atoms with E-state index in [9.17, 15) is 9.59 Å². The van der Waals surface area contributed by atoms with Crippen molar-refractivity contribution in [3.05, 3.63) is 76.5 Å². The Labute approximate surface area is 182 Å². The standard InChI is InChI=1S/C26H27NO4/c1-16-6-4-7-19(14-16)24-23(17(2)27-21-8-5-9-22(28)25(21)24)26(29)31-15-18-10-12-20(30-3)13-11-18/h4,6-7,10-14,24-25H,5,8-9,15H2,1-3H3. The number of esters is 1. The molecule has 0 aromatic heterocycles. The Morgan fingerprint density at radius 1 is 1.06 bits per heavy atom. The molecular weight excluding hydrogens is 390 g/mol. The van der Waals surface area contributed by atoms with Gasteiger partial charge in [-0.1, -0.05) is 42.0 Å². The minimum absolute atomic E-state index is 0.148. The van der Waals surface area contributed by atoms with Gasteiger partial charge in [0.2, 0.25) is 0 Å². The van der Waals surface area contributed by atoms with Gasteiger partial charge in [0.05, 0.1) is 18.6 Å². The summed E-state index contributed by atoms with van der Waals surface area (Å²) in [6, 6.07) is 15.4. The molecule has 1 saturated carbocycles. The van der Waals surface area contributed by atoms with Gasteiger partial charge in [0, 0.05) is 23.7 Å². The van der Waals surface area contributed by atoms with Crippen molar-refractivity contribution in [3.63, 3.8) is 0 Å². The fourth-order valence-electron chi connectivity index (χ4n) is 4.56. The van der Waals surface area contributed by atoms with Crippen LogP contribution in [0.2, 0.25) is 0 Å². The Morgan fingerprint density at radius 3 is 2.55 bits per heavy atom. The molecule has 5 heteroatoms. The van der Waals surface area contributed by atoms with Crippen molar-refractivity contribution in [2.24, 2.45) is 10.9 Å². The van der Waals surface area contributed by atoms with Crippen molar-refractivity contribution >= 4 is 17.5 Å². The lowest BCUT2D eigenvalue weighted by Gasteiger charge is -2.35. The van der Waals surface area contributed by atoms with Crippen molar-refractivity contribution in [2.45, 2.75) is 45.6 Å². The first kappa shape index (κ1) is 21.0. The summed E-state index contributed by atoms with van der Waals surface area (Å²) in [7, 11) is 1.61. The molecule has 0 amide bonds. The van der Waals surface area contributed by atoms with Crippen molar-refractivity contribution in [2.75, 3.05) is 7.11 Å². The summed E-state index contributed by atoms with van der Waals surface area (Å²) in [4.78, 5) is 30.9. The Balaban J connectivity index is 1.67. The van der Waals surface area contributed by atoms with Crippen LogP contribution in [0.4, 0.5) is 0 Å². The van der Waals surface area contributed by atoms with Gasteiger partial charge >= 0.3 is 5.97 Å². The molecule has 0 saturated heterocycles. The summed E-state index contributed by atoms with van der Waals surface area (Å²) >= 11 is 0. The van der Waals surface area contributed by atoms with E-state index >= 15 is 0 Å². The van der Waals surface area contributed by atoms with Gasteiger partial charge in [-0.3, -0.25) is 9.79 Å². The van der Waals surface area contributed by atoms with Crippen LogP contribution < -0.4 is 4.74 Å². The highest BCUT2D eigenvalue weighted by molar-refractivity contribution is 6.11. The van der Waals surface area contributed by atoms with Crippen LogP contribution in [0.5, 0.6) is 5.75 Å². The van der Waals surface area contributed by atoms with Crippen LogP contribution in [0.25, 0.3) is 0 Å². The highest BCUT2D eigenvalue weighted by Gasteiger charge is 2.43. The third kappa shape index (κ3) is 4.31. The van der Waals surface area contributed by atoms with Crippen LogP contribution in [0, 0.1) is 12.8 Å². The topological polar surface area (TPSA) is 65.0 Å². The van der Waals surface area contributed by atoms with Crippen molar-refractivity contribution in [1.29, 1.82) is 0 Å². The van der Waals surface area contributed by atoms with Crippen molar-refractivity contribution < 1.29 is 19.1 Å². The number of ketones is 1. The molecule has 5 nitrogen and oxygen atoms in total. The average Bonchev–Trinajstić information content (AvgIpc) is 2.77. The molecule has 1 fully saturated rings. The lowest BCUT2D eigenvalue weighted by molar-refractivity contribution is -0.140. The minimum atomic E-state index is -0.416. The number of methoxy groups -OCH3 is 1. The zero-order valence-corrected chi connectivity index (χ0v) is 18.2. The molecule has 1 heterocycles. The first-order chi connectivity index (χ1) is 15.0. The Kier molecular flexibility index (Phi) is 6.03. The number of aryl methyl sites for hydroxylation is 1. The van der Waals surface area contributed by atoms with Crippen LogP contribution in [-0.4, -0.2) is 24.6 Å². The molecule has 0 spiro atoms. The number of fused-ring (bicyclic) bond motifs is 1. The summed E-state index contributed by atoms with van der Waals surface area (Å²) in [5.74, 6) is -0.255. The number of nitrogens with zero attached hydrogens (tertiary/aromatic N) is 1. The second-order valence-corrected chi connectivity index (χ2v) is 8.22. The largest absolute Gasteiger partial charge is 0.497 e. The Bertz CT molecular complexity index is 1070. The van der Waals surface area contributed by atoms with Gasteiger partial charge < -0.3 is 9.47 Å². The molecule has 4 rings (SSSR count). The minimum Gasteiger partial charge on any atom is -0.497 e. The fraction of sp³-hybridized carbons (Fsp3) is 0.346. The van der Waals surface area contributed by atoms with E-state index in [-0.39, 0.29) is 24.2 Å². The van der Waals surface area contributed by atoms with Crippen LogP contribution in [-0.2, 0) is 20.9 Å². The molecule has 2 aromatic rings. The van der Waals surface area contributed by atoms with Gasteiger partial charge in [0.25, 0.3) is 0 Å². The van der Waals surface area contributed by atoms with Crippen molar-refractivity contribution in [1.82, 2.24) is 0 Å². The van der Waals surface area contributed by atoms with E-state index in [4.69, 9.17) is 14.5 Å². The first-order valence-electron chi connectivity index (χ1n) is 10.7. The Morgan fingerprint density at radius 2 is 1.84 bits per heavy atom. The number of hydrogen-bond donors (Lipinski definition) is 0. The van der Waals surface area contributed by atoms with Crippen LogP contribution in [0.1, 0.15) is 48.8 Å². The molecule has 2 aromatic carbocycles. The zero-order chi connectivity index (χ0) is 22.0. The molecule has 31 heavy (non-hydrogen) atoms. The molecular formula is C26H27NO4. The van der Waals surface area contributed by atoms with Crippen LogP contribution in [0.15, 0.2) is 64.8 Å². The predicted molar refractivity (Wildman–Crippen MR) is 119 cm³/mol. The van der Waals surface area contributed by atoms with Gasteiger partial charge in [-0.2, -0.15) is 0 Å². The van der Waals surface area contributed by atoms with E-state index in [0.29, 0.717) is 17.7 Å². The summed E-state index contributed by atoms with van der Waals surface area (Å²) < 4.78 is 10.9. The molecule has 1 aliphatic heterocycles. The van der Waals surface area contributed by atoms with Crippen molar-refractivity contribution in [3.8, 4) is 5.75 Å². The number of rotatable bonds is 5. The molecule has 0 bridgehead atoms. The first-order valence-corrected chi connectivity index (χ1v) is 10.7. The van der Waals surface area contributed by atoms with Gasteiger partial charge in [0.1, 0.15) is 18.1 Å². The van der Waals surface area contributed by atoms with E-state index in [0.717, 1.165) is 41.0 Å². The van der Waals surface area contributed by atoms with E-state index in [1.165, 1.54) is 0 Å². The highest BCUT2D eigenvalue weighted by Crippen LogP contribution is 2.43. The third-order valence-corrected chi connectivity index (χ3v) is 6.06. The molecule has 2 atom stereocenters. The summed E-state index contributed by atoms with van der Waals surface area (Å²) in [5, 5.41) is 0. The van der Waals surface area contributed by atoms with Gasteiger partial charge in [-0.05, 0) is 49.9 Å². The monoisotopic (exact) mass is 417 g/mol. The number of Topliss-reactive ketones (excluding diaryl/α,β-unsaturated/α-hetero) is 1. The number of allylic oxidation sites excluding steroid dienone is 1. The lowest BCUT2D eigenvalue weighted by Crippen LogP contribution is -2.39. The maximum atomic E-state index is 13.3. The van der Waals surface area contributed by atoms with E-state index in [1.807, 2.05) is 56.3 Å². The molecule has 1 aliphatic carbocycles. The molecule has 2 unspecified atom stereocenters. The van der Waals surface area contributed by atoms with Crippen LogP contribution >= 0.6 is 0 Å². The molecule has 0 N–H and O–H groups in total. The number of hydrogen-bond acceptors (Lipinski definition) is 5. The third-order valence-electron chi connectivity index (χ3n) is 6.06. The smallest absolute Gasteiger partial charge is 0.336 e. The number of aliphatic imine (C=N–C) groups is 1. The predicted octanol–water partition coefficient (Wildman–Crippen LogP) is 4.93. The fourth-order valence-corrected chi connectivity index (χ4v) is 4.56. The second-order valence-electron chi connectivity index (χ2n) is 8.22. The summed E-state index contributed by atoms with van der Waals surface area (Å²) in [6.45, 7) is 4.01. The number of carbonyl (C=O) groups is 2. The normalized spacial score (nSPS) is 20.7. The SMILES string of the molecule is COc1ccc(COC(=O)C2=C(C)N=C3CCCC(=O)C3C2c2cccc(C)c2)cc1. The van der Waals surface area contributed by atoms with Gasteiger partial charge in [-0.15, -0.1) is 0 Å². The Hall–Kier alpha value is -3.21. The zero-order valence-electron chi connectivity index (χ0n) is 18.2. The maximum absolute atomic E-state index is 13.3. The maximum Gasteiger partial charge on any atom is 0.336 e. The van der Waals surface area contributed by atoms with E-state index < -0.39 is 5.97 Å². The van der Waals surface area contributed by atoms with E-state index in [1.54, 1.807) is 7.11 Å². The molecule has 2 aliphatic rings. The number of benzene rings is 2. The highest BCUT2D eigenvalue weighted by atomic mass is 16.5. The van der Waals surface area contributed by atoms with Crippen LogP contribution in [0.3, 0.4) is 0 Å². The molecule has 0 radical (unpaired) electrons. The average molecular weight is 418 g/mol. The summed E-state index contributed by atoms with van der Waals surface area (Å²) in [6.07, 6.45) is 2.14. The molecule has 160 valence electrons. The van der Waals surface area contributed by atoms with Gasteiger partial charge in [-0.25, -0.2) is 4.79 Å². The lowest BCUT2D eigenvalue weighted by atomic mass is 9.69. The van der Waals surface area contributed by atoms with Gasteiger partial charge in [0.15, 0.2) is 0 Å². The summed E-state index contributed by atoms with van der Waals surface area (Å²) in [5.41, 5.74) is 4.95. The second kappa shape index (κ2) is 8.88. The number of carbonyl (C=O) groups excluding carboxylic acids is 2. The quantitative estimate of drug-likeness (QED) is 0.647.